The average Bonchev–Trinajstić information content (AvgIpc) is 2.56. The fourth-order valence-corrected chi connectivity index (χ4v) is 1.77. The predicted octanol–water partition coefficient (Wildman–Crippen LogP) is 1.28. The highest BCUT2D eigenvalue weighted by Crippen LogP contribution is 2.20. The second-order valence-corrected chi connectivity index (χ2v) is 4.89. The number of carbonyl (C=O) groups is 2. The van der Waals surface area contributed by atoms with Crippen LogP contribution in [0.2, 0.25) is 0 Å². The Bertz CT molecular complexity index is 679. The van der Waals surface area contributed by atoms with E-state index in [1.807, 2.05) is 0 Å². The summed E-state index contributed by atoms with van der Waals surface area (Å²) in [5, 5.41) is 2.59. The number of alkyl halides is 3. The standard InChI is InChI=1S/C16H18F3N3O3/c17-16(18,19)15(24)25-10-12-9-13(22-14(23)4-2-8-21)6-5-11(12)3-1-7-20/h5-6,9H,2,4,7-8,10,20-21H2,(H,22,23). The average molecular weight is 357 g/mol. The van der Waals surface area contributed by atoms with Gasteiger partial charge in [-0.15, -0.1) is 0 Å². The Kier molecular flexibility index (Phi) is 7.91. The Morgan fingerprint density at radius 1 is 1.24 bits per heavy atom. The van der Waals surface area contributed by atoms with Gasteiger partial charge in [0.2, 0.25) is 5.91 Å². The molecule has 0 aliphatic carbocycles. The van der Waals surface area contributed by atoms with Crippen molar-refractivity contribution in [3.63, 3.8) is 0 Å². The molecule has 0 saturated carbocycles. The van der Waals surface area contributed by atoms with Gasteiger partial charge < -0.3 is 21.5 Å². The van der Waals surface area contributed by atoms with Crippen molar-refractivity contribution in [2.75, 3.05) is 18.4 Å². The number of nitrogens with one attached hydrogen (secondary N) is 1. The first-order chi connectivity index (χ1) is 11.8. The van der Waals surface area contributed by atoms with E-state index in [4.69, 9.17) is 11.5 Å². The number of anilines is 1. The lowest BCUT2D eigenvalue weighted by molar-refractivity contribution is -0.201. The summed E-state index contributed by atoms with van der Waals surface area (Å²) in [6, 6.07) is 4.43. The maximum Gasteiger partial charge on any atom is 0.490 e. The lowest BCUT2D eigenvalue weighted by Crippen LogP contribution is -2.25. The normalized spacial score (nSPS) is 10.6. The van der Waals surface area contributed by atoms with E-state index in [1.54, 1.807) is 0 Å². The summed E-state index contributed by atoms with van der Waals surface area (Å²) in [6.45, 7) is -0.224. The van der Waals surface area contributed by atoms with Crippen molar-refractivity contribution in [2.45, 2.75) is 25.6 Å². The first-order valence-electron chi connectivity index (χ1n) is 7.33. The number of esters is 1. The molecule has 0 fully saturated rings. The van der Waals surface area contributed by atoms with Gasteiger partial charge in [0.15, 0.2) is 0 Å². The Labute approximate surface area is 142 Å². The maximum absolute atomic E-state index is 12.2. The highest BCUT2D eigenvalue weighted by atomic mass is 19.4. The van der Waals surface area contributed by atoms with Crippen LogP contribution in [-0.2, 0) is 20.9 Å². The van der Waals surface area contributed by atoms with Gasteiger partial charge in [-0.05, 0) is 31.2 Å². The van der Waals surface area contributed by atoms with Crippen LogP contribution >= 0.6 is 0 Å². The number of hydrogen-bond acceptors (Lipinski definition) is 5. The largest absolute Gasteiger partial charge is 0.490 e. The first-order valence-corrected chi connectivity index (χ1v) is 7.33. The molecule has 25 heavy (non-hydrogen) atoms. The molecule has 0 aliphatic rings. The zero-order valence-corrected chi connectivity index (χ0v) is 13.3. The summed E-state index contributed by atoms with van der Waals surface area (Å²) >= 11 is 0. The summed E-state index contributed by atoms with van der Waals surface area (Å²) < 4.78 is 41.0. The van der Waals surface area contributed by atoms with E-state index in [-0.39, 0.29) is 24.4 Å². The quantitative estimate of drug-likeness (QED) is 0.525. The summed E-state index contributed by atoms with van der Waals surface area (Å²) in [4.78, 5) is 22.6. The van der Waals surface area contributed by atoms with E-state index in [2.05, 4.69) is 21.9 Å². The number of amides is 1. The van der Waals surface area contributed by atoms with Crippen LogP contribution in [-0.4, -0.2) is 31.1 Å². The van der Waals surface area contributed by atoms with Crippen LogP contribution in [0.25, 0.3) is 0 Å². The smallest absolute Gasteiger partial charge is 0.454 e. The van der Waals surface area contributed by atoms with Crippen LogP contribution in [0.5, 0.6) is 0 Å². The molecule has 9 heteroatoms. The molecular formula is C16H18F3N3O3. The van der Waals surface area contributed by atoms with Gasteiger partial charge in [0, 0.05) is 23.2 Å². The van der Waals surface area contributed by atoms with E-state index in [9.17, 15) is 22.8 Å². The zero-order chi connectivity index (χ0) is 18.9. The molecule has 0 heterocycles. The molecule has 0 aliphatic heterocycles. The lowest BCUT2D eigenvalue weighted by atomic mass is 10.1. The number of hydrogen-bond donors (Lipinski definition) is 3. The van der Waals surface area contributed by atoms with Crippen molar-refractivity contribution in [3.05, 3.63) is 29.3 Å². The van der Waals surface area contributed by atoms with Crippen LogP contribution in [0.3, 0.4) is 0 Å². The molecule has 1 rings (SSSR count). The second-order valence-electron chi connectivity index (χ2n) is 4.89. The van der Waals surface area contributed by atoms with Crippen molar-refractivity contribution in [1.82, 2.24) is 0 Å². The van der Waals surface area contributed by atoms with E-state index in [0.717, 1.165) is 0 Å². The third kappa shape index (κ3) is 7.24. The van der Waals surface area contributed by atoms with Crippen molar-refractivity contribution in [3.8, 4) is 11.8 Å². The third-order valence-corrected chi connectivity index (χ3v) is 2.91. The molecular weight excluding hydrogens is 339 g/mol. The summed E-state index contributed by atoms with van der Waals surface area (Å²) in [7, 11) is 0. The molecule has 5 N–H and O–H groups in total. The molecule has 1 aromatic carbocycles. The molecule has 1 aromatic rings. The highest BCUT2D eigenvalue weighted by Gasteiger charge is 2.40. The summed E-state index contributed by atoms with van der Waals surface area (Å²) in [5.74, 6) is 2.65. The first kappa shape index (κ1) is 20.5. The molecule has 136 valence electrons. The molecule has 0 saturated heterocycles. The van der Waals surface area contributed by atoms with Gasteiger partial charge in [0.25, 0.3) is 0 Å². The fraction of sp³-hybridized carbons (Fsp3) is 0.375. The number of halogens is 3. The number of carbonyl (C=O) groups excluding carboxylic acids is 2. The highest BCUT2D eigenvalue weighted by molar-refractivity contribution is 5.90. The monoisotopic (exact) mass is 357 g/mol. The summed E-state index contributed by atoms with van der Waals surface area (Å²) in [6.07, 6.45) is -4.37. The Hall–Kier alpha value is -2.57. The number of rotatable bonds is 6. The van der Waals surface area contributed by atoms with Crippen molar-refractivity contribution >= 4 is 17.6 Å². The van der Waals surface area contributed by atoms with Crippen molar-refractivity contribution in [1.29, 1.82) is 0 Å². The van der Waals surface area contributed by atoms with E-state index >= 15 is 0 Å². The number of nitrogens with two attached hydrogens (primary N) is 2. The predicted molar refractivity (Wildman–Crippen MR) is 85.1 cm³/mol. The van der Waals surface area contributed by atoms with E-state index in [1.165, 1.54) is 18.2 Å². The van der Waals surface area contributed by atoms with Gasteiger partial charge in [0.1, 0.15) is 6.61 Å². The van der Waals surface area contributed by atoms with Gasteiger partial charge in [0.05, 0.1) is 6.54 Å². The number of ether oxygens (including phenoxy) is 1. The van der Waals surface area contributed by atoms with Gasteiger partial charge in [-0.2, -0.15) is 13.2 Å². The SMILES string of the molecule is NCC#Cc1ccc(NC(=O)CCCN)cc1COC(=O)C(F)(F)F. The van der Waals surface area contributed by atoms with Gasteiger partial charge in [-0.1, -0.05) is 11.8 Å². The summed E-state index contributed by atoms with van der Waals surface area (Å²) in [5.41, 5.74) is 11.5. The van der Waals surface area contributed by atoms with Gasteiger partial charge in [-0.25, -0.2) is 4.79 Å². The molecule has 0 bridgehead atoms. The van der Waals surface area contributed by atoms with Crippen LogP contribution in [0.1, 0.15) is 24.0 Å². The van der Waals surface area contributed by atoms with Crippen LogP contribution in [0.15, 0.2) is 18.2 Å². The minimum atomic E-state index is -5.09. The molecule has 0 spiro atoms. The Morgan fingerprint density at radius 3 is 2.56 bits per heavy atom. The van der Waals surface area contributed by atoms with Crippen LogP contribution < -0.4 is 16.8 Å². The molecule has 0 aromatic heterocycles. The van der Waals surface area contributed by atoms with E-state index < -0.39 is 18.8 Å². The fourth-order valence-electron chi connectivity index (χ4n) is 1.77. The molecule has 0 radical (unpaired) electrons. The van der Waals surface area contributed by atoms with Crippen LogP contribution in [0.4, 0.5) is 18.9 Å². The third-order valence-electron chi connectivity index (χ3n) is 2.91. The van der Waals surface area contributed by atoms with Crippen LogP contribution in [0, 0.1) is 11.8 Å². The van der Waals surface area contributed by atoms with Crippen molar-refractivity contribution < 1.29 is 27.5 Å². The Morgan fingerprint density at radius 2 is 1.96 bits per heavy atom. The molecule has 6 nitrogen and oxygen atoms in total. The van der Waals surface area contributed by atoms with Crippen molar-refractivity contribution in [2.24, 2.45) is 11.5 Å². The molecule has 0 atom stereocenters. The van der Waals surface area contributed by atoms with E-state index in [0.29, 0.717) is 24.2 Å². The van der Waals surface area contributed by atoms with Gasteiger partial charge >= 0.3 is 12.1 Å². The molecule has 0 unspecified atom stereocenters. The zero-order valence-electron chi connectivity index (χ0n) is 13.3. The Balaban J connectivity index is 2.94. The maximum atomic E-state index is 12.2. The number of benzene rings is 1. The second kappa shape index (κ2) is 9.66. The lowest BCUT2D eigenvalue weighted by Gasteiger charge is -2.11. The topological polar surface area (TPSA) is 107 Å². The van der Waals surface area contributed by atoms with Gasteiger partial charge in [-0.3, -0.25) is 4.79 Å². The minimum absolute atomic E-state index is 0.0549. The molecule has 1 amide bonds. The minimum Gasteiger partial charge on any atom is -0.454 e.